The van der Waals surface area contributed by atoms with E-state index in [0.29, 0.717) is 24.4 Å². The van der Waals surface area contributed by atoms with Crippen LogP contribution in [0, 0.1) is 0 Å². The second-order valence-corrected chi connectivity index (χ2v) is 7.59. The highest BCUT2D eigenvalue weighted by atomic mass is 79.9. The van der Waals surface area contributed by atoms with Crippen molar-refractivity contribution in [3.63, 3.8) is 0 Å². The van der Waals surface area contributed by atoms with Gasteiger partial charge < -0.3 is 14.4 Å². The maximum atomic E-state index is 13.3. The molecule has 2 heterocycles. The van der Waals surface area contributed by atoms with E-state index in [4.69, 9.17) is 9.47 Å². The van der Waals surface area contributed by atoms with E-state index in [0.717, 1.165) is 49.3 Å². The smallest absolute Gasteiger partial charge is 0.255 e. The molecule has 1 aliphatic heterocycles. The number of hydrogen-bond donors (Lipinski definition) is 0. The van der Waals surface area contributed by atoms with Gasteiger partial charge in [0, 0.05) is 49.6 Å². The van der Waals surface area contributed by atoms with Crippen molar-refractivity contribution in [2.75, 3.05) is 46.5 Å². The number of morpholine rings is 1. The minimum absolute atomic E-state index is 0.00966. The summed E-state index contributed by atoms with van der Waals surface area (Å²) in [6.07, 6.45) is 4.43. The molecule has 0 aliphatic carbocycles. The number of ether oxygens (including phenoxy) is 2. The maximum Gasteiger partial charge on any atom is 0.255 e. The van der Waals surface area contributed by atoms with Gasteiger partial charge in [0.2, 0.25) is 0 Å². The molecule has 1 aliphatic rings. The van der Waals surface area contributed by atoms with E-state index in [1.165, 1.54) is 0 Å². The minimum atomic E-state index is -0.00966. The summed E-state index contributed by atoms with van der Waals surface area (Å²) in [6, 6.07) is 9.37. The van der Waals surface area contributed by atoms with E-state index in [2.05, 4.69) is 25.8 Å². The van der Waals surface area contributed by atoms with Crippen molar-refractivity contribution in [3.05, 3.63) is 58.3 Å². The van der Waals surface area contributed by atoms with Crippen LogP contribution in [0.1, 0.15) is 22.3 Å². The Kier molecular flexibility index (Phi) is 7.82. The number of aromatic nitrogens is 1. The average Bonchev–Trinajstić information content (AvgIpc) is 2.74. The van der Waals surface area contributed by atoms with Gasteiger partial charge in [-0.25, -0.2) is 0 Å². The summed E-state index contributed by atoms with van der Waals surface area (Å²) in [7, 11) is 1.61. The molecule has 150 valence electrons. The van der Waals surface area contributed by atoms with Crippen LogP contribution in [0.15, 0.2) is 47.2 Å². The molecule has 0 unspecified atom stereocenters. The Bertz CT molecular complexity index is 767. The predicted molar refractivity (Wildman–Crippen MR) is 112 cm³/mol. The lowest BCUT2D eigenvalue weighted by Gasteiger charge is -2.28. The number of amides is 1. The van der Waals surface area contributed by atoms with E-state index >= 15 is 0 Å². The summed E-state index contributed by atoms with van der Waals surface area (Å²) in [4.78, 5) is 21.7. The first-order chi connectivity index (χ1) is 13.7. The van der Waals surface area contributed by atoms with E-state index in [9.17, 15) is 4.79 Å². The summed E-state index contributed by atoms with van der Waals surface area (Å²) < 4.78 is 11.5. The van der Waals surface area contributed by atoms with Gasteiger partial charge in [0.15, 0.2) is 0 Å². The third-order valence-electron chi connectivity index (χ3n) is 4.82. The van der Waals surface area contributed by atoms with Crippen LogP contribution in [0.3, 0.4) is 0 Å². The zero-order valence-electron chi connectivity index (χ0n) is 16.1. The van der Waals surface area contributed by atoms with Crippen LogP contribution in [0.25, 0.3) is 0 Å². The SMILES string of the molecule is COc1ccc(Br)c(C(=O)N(CCCN2CCOCC2)Cc2ccncc2)c1. The van der Waals surface area contributed by atoms with E-state index in [-0.39, 0.29) is 5.91 Å². The van der Waals surface area contributed by atoms with Crippen LogP contribution in [-0.4, -0.2) is 67.2 Å². The number of carbonyl (C=O) groups is 1. The minimum Gasteiger partial charge on any atom is -0.497 e. The average molecular weight is 448 g/mol. The zero-order valence-corrected chi connectivity index (χ0v) is 17.7. The van der Waals surface area contributed by atoms with Crippen molar-refractivity contribution >= 4 is 21.8 Å². The van der Waals surface area contributed by atoms with Gasteiger partial charge in [-0.15, -0.1) is 0 Å². The second kappa shape index (κ2) is 10.5. The molecule has 2 aromatic rings. The van der Waals surface area contributed by atoms with Gasteiger partial charge in [0.25, 0.3) is 5.91 Å². The van der Waals surface area contributed by atoms with Crippen LogP contribution >= 0.6 is 15.9 Å². The number of rotatable bonds is 8. The summed E-state index contributed by atoms with van der Waals surface area (Å²) in [5.41, 5.74) is 1.67. The molecule has 28 heavy (non-hydrogen) atoms. The molecule has 0 N–H and O–H groups in total. The highest BCUT2D eigenvalue weighted by Gasteiger charge is 2.20. The maximum absolute atomic E-state index is 13.3. The summed E-state index contributed by atoms with van der Waals surface area (Å²) >= 11 is 3.51. The van der Waals surface area contributed by atoms with Crippen molar-refractivity contribution in [1.29, 1.82) is 0 Å². The standard InChI is InChI=1S/C21H26BrN3O3/c1-27-18-3-4-20(22)19(15-18)21(26)25(16-17-5-7-23-8-6-17)10-2-9-24-11-13-28-14-12-24/h3-8,15H,2,9-14,16H2,1H3. The topological polar surface area (TPSA) is 54.9 Å². The van der Waals surface area contributed by atoms with Crippen LogP contribution in [0.2, 0.25) is 0 Å². The van der Waals surface area contributed by atoms with Gasteiger partial charge in [-0.1, -0.05) is 0 Å². The van der Waals surface area contributed by atoms with Gasteiger partial charge >= 0.3 is 0 Å². The first-order valence-electron chi connectivity index (χ1n) is 9.49. The molecular weight excluding hydrogens is 422 g/mol. The molecule has 7 heteroatoms. The van der Waals surface area contributed by atoms with Gasteiger partial charge in [-0.05, 0) is 58.2 Å². The molecule has 1 amide bonds. The molecule has 1 aromatic heterocycles. The molecule has 6 nitrogen and oxygen atoms in total. The molecule has 1 saturated heterocycles. The molecule has 0 spiro atoms. The number of pyridine rings is 1. The van der Waals surface area contributed by atoms with Gasteiger partial charge in [0.1, 0.15) is 5.75 Å². The largest absolute Gasteiger partial charge is 0.497 e. The molecule has 1 aromatic carbocycles. The quantitative estimate of drug-likeness (QED) is 0.621. The third kappa shape index (κ3) is 5.77. The summed E-state index contributed by atoms with van der Waals surface area (Å²) in [5, 5.41) is 0. The van der Waals surface area contributed by atoms with Gasteiger partial charge in [0.05, 0.1) is 25.9 Å². The fourth-order valence-electron chi connectivity index (χ4n) is 3.24. The Morgan fingerprint density at radius 3 is 2.71 bits per heavy atom. The van der Waals surface area contributed by atoms with Crippen molar-refractivity contribution in [2.24, 2.45) is 0 Å². The van der Waals surface area contributed by atoms with Crippen molar-refractivity contribution in [2.45, 2.75) is 13.0 Å². The normalized spacial score (nSPS) is 14.6. The van der Waals surface area contributed by atoms with Crippen LogP contribution in [0.4, 0.5) is 0 Å². The predicted octanol–water partition coefficient (Wildman–Crippen LogP) is 3.22. The van der Waals surface area contributed by atoms with E-state index < -0.39 is 0 Å². The van der Waals surface area contributed by atoms with Gasteiger partial charge in [-0.2, -0.15) is 0 Å². The van der Waals surface area contributed by atoms with Crippen molar-refractivity contribution in [3.8, 4) is 5.75 Å². The Balaban J connectivity index is 1.72. The number of methoxy groups -OCH3 is 1. The highest BCUT2D eigenvalue weighted by molar-refractivity contribution is 9.10. The number of benzene rings is 1. The first kappa shape index (κ1) is 20.8. The van der Waals surface area contributed by atoms with Crippen molar-refractivity contribution < 1.29 is 14.3 Å². The van der Waals surface area contributed by atoms with Crippen LogP contribution in [0.5, 0.6) is 5.75 Å². The fraction of sp³-hybridized carbons (Fsp3) is 0.429. The summed E-state index contributed by atoms with van der Waals surface area (Å²) in [5.74, 6) is 0.660. The molecule has 0 radical (unpaired) electrons. The lowest BCUT2D eigenvalue weighted by molar-refractivity contribution is 0.0355. The van der Waals surface area contributed by atoms with E-state index in [1.54, 1.807) is 25.6 Å². The Morgan fingerprint density at radius 2 is 2.00 bits per heavy atom. The molecule has 1 fully saturated rings. The molecule has 0 saturated carbocycles. The second-order valence-electron chi connectivity index (χ2n) is 6.74. The van der Waals surface area contributed by atoms with Crippen LogP contribution < -0.4 is 4.74 Å². The fourth-order valence-corrected chi connectivity index (χ4v) is 3.65. The third-order valence-corrected chi connectivity index (χ3v) is 5.51. The van der Waals surface area contributed by atoms with Crippen molar-refractivity contribution in [1.82, 2.24) is 14.8 Å². The summed E-state index contributed by atoms with van der Waals surface area (Å²) in [6.45, 7) is 5.69. The molecule has 0 atom stereocenters. The number of carbonyl (C=O) groups excluding carboxylic acids is 1. The first-order valence-corrected chi connectivity index (χ1v) is 10.3. The lowest BCUT2D eigenvalue weighted by atomic mass is 10.1. The van der Waals surface area contributed by atoms with Gasteiger partial charge in [-0.3, -0.25) is 14.7 Å². The molecule has 0 bridgehead atoms. The molecule has 3 rings (SSSR count). The van der Waals surface area contributed by atoms with Crippen LogP contribution in [-0.2, 0) is 11.3 Å². The Hall–Kier alpha value is -1.96. The number of halogens is 1. The number of hydrogen-bond acceptors (Lipinski definition) is 5. The zero-order chi connectivity index (χ0) is 19.8. The monoisotopic (exact) mass is 447 g/mol. The lowest BCUT2D eigenvalue weighted by Crippen LogP contribution is -2.39. The highest BCUT2D eigenvalue weighted by Crippen LogP contribution is 2.24. The molecular formula is C21H26BrN3O3. The Morgan fingerprint density at radius 1 is 1.25 bits per heavy atom. The van der Waals surface area contributed by atoms with E-state index in [1.807, 2.05) is 29.2 Å². The Labute approximate surface area is 174 Å². The number of nitrogens with zero attached hydrogens (tertiary/aromatic N) is 3.